The molecule has 0 aromatic heterocycles. The van der Waals surface area contributed by atoms with E-state index in [0.717, 1.165) is 0 Å². The van der Waals surface area contributed by atoms with Crippen molar-refractivity contribution in [2.75, 3.05) is 18.9 Å². The lowest BCUT2D eigenvalue weighted by atomic mass is 9.97. The first-order valence-electron chi connectivity index (χ1n) is 9.38. The molecule has 0 amide bonds. The third-order valence-corrected chi connectivity index (χ3v) is 5.13. The van der Waals surface area contributed by atoms with E-state index in [1.54, 1.807) is 18.2 Å². The van der Waals surface area contributed by atoms with Crippen LogP contribution in [0.5, 0.6) is 5.75 Å². The molecular weight excluding hydrogens is 406 g/mol. The molecule has 0 unspecified atom stereocenters. The fraction of sp³-hybridized carbons (Fsp3) is 0.667. The molecule has 0 aliphatic carbocycles. The molecule has 9 N–H and O–H groups in total. The van der Waals surface area contributed by atoms with Crippen LogP contribution in [0.4, 0.5) is 5.69 Å². The van der Waals surface area contributed by atoms with Crippen LogP contribution in [0.3, 0.4) is 0 Å². The highest BCUT2D eigenvalue weighted by Gasteiger charge is 2.51. The monoisotopic (exact) mass is 433 g/mol. The molecule has 2 heterocycles. The number of hydrogen-bond acceptors (Lipinski definition) is 12. The van der Waals surface area contributed by atoms with Crippen molar-refractivity contribution in [2.45, 2.75) is 61.4 Å². The maximum absolute atomic E-state index is 10.7. The van der Waals surface area contributed by atoms with Crippen LogP contribution < -0.4 is 10.5 Å². The van der Waals surface area contributed by atoms with Gasteiger partial charge in [-0.2, -0.15) is 0 Å². The van der Waals surface area contributed by atoms with E-state index >= 15 is 0 Å². The Morgan fingerprint density at radius 3 is 2.10 bits per heavy atom. The molecular formula is C18H27NO11. The zero-order chi connectivity index (χ0) is 22.0. The number of rotatable bonds is 6. The number of ether oxygens (including phenoxy) is 4. The summed E-state index contributed by atoms with van der Waals surface area (Å²) in [5, 5.41) is 69.8. The molecule has 30 heavy (non-hydrogen) atoms. The summed E-state index contributed by atoms with van der Waals surface area (Å²) in [5.41, 5.74) is 6.08. The van der Waals surface area contributed by atoms with Crippen molar-refractivity contribution < 1.29 is 54.7 Å². The van der Waals surface area contributed by atoms with E-state index in [1.807, 2.05) is 0 Å². The van der Waals surface area contributed by atoms with Gasteiger partial charge in [0, 0.05) is 0 Å². The lowest BCUT2D eigenvalue weighted by molar-refractivity contribution is -0.353. The van der Waals surface area contributed by atoms with Crippen molar-refractivity contribution in [3.05, 3.63) is 24.3 Å². The summed E-state index contributed by atoms with van der Waals surface area (Å²) < 4.78 is 21.6. The first kappa shape index (κ1) is 23.1. The average molecular weight is 433 g/mol. The minimum atomic E-state index is -1.75. The SMILES string of the molecule is Nc1ccccc1O[C@@H]1[C@@H](O)[C@@H](O[C@H]2[C@H](O)[C@@H](O)[C@H](O)O[C@@H]2CO)O[C@H](CO)[C@H]1O. The van der Waals surface area contributed by atoms with E-state index in [0.29, 0.717) is 0 Å². The summed E-state index contributed by atoms with van der Waals surface area (Å²) in [6.07, 6.45) is -15.1. The molecule has 2 fully saturated rings. The highest BCUT2D eigenvalue weighted by molar-refractivity contribution is 5.52. The third kappa shape index (κ3) is 4.53. The van der Waals surface area contributed by atoms with Crippen LogP contribution in [0, 0.1) is 0 Å². The second-order valence-corrected chi connectivity index (χ2v) is 7.16. The second-order valence-electron chi connectivity index (χ2n) is 7.16. The fourth-order valence-electron chi connectivity index (χ4n) is 3.43. The van der Waals surface area contributed by atoms with Gasteiger partial charge in [0.2, 0.25) is 0 Å². The molecule has 1 aromatic carbocycles. The molecule has 1 aromatic rings. The van der Waals surface area contributed by atoms with Crippen LogP contribution in [0.1, 0.15) is 0 Å². The Morgan fingerprint density at radius 1 is 0.800 bits per heavy atom. The van der Waals surface area contributed by atoms with E-state index in [4.69, 9.17) is 24.7 Å². The minimum Gasteiger partial charge on any atom is -0.483 e. The van der Waals surface area contributed by atoms with Crippen molar-refractivity contribution in [2.24, 2.45) is 0 Å². The van der Waals surface area contributed by atoms with E-state index in [2.05, 4.69) is 0 Å². The van der Waals surface area contributed by atoms with Crippen LogP contribution in [-0.2, 0) is 14.2 Å². The van der Waals surface area contributed by atoms with Gasteiger partial charge in [-0.3, -0.25) is 0 Å². The smallest absolute Gasteiger partial charge is 0.188 e. The van der Waals surface area contributed by atoms with Gasteiger partial charge in [-0.05, 0) is 12.1 Å². The summed E-state index contributed by atoms with van der Waals surface area (Å²) in [4.78, 5) is 0. The van der Waals surface area contributed by atoms with E-state index in [9.17, 15) is 35.7 Å². The summed E-state index contributed by atoms with van der Waals surface area (Å²) in [6.45, 7) is -1.33. The molecule has 12 heteroatoms. The second kappa shape index (κ2) is 9.70. The molecule has 0 saturated carbocycles. The minimum absolute atomic E-state index is 0.172. The molecule has 3 rings (SSSR count). The first-order valence-corrected chi connectivity index (χ1v) is 9.38. The maximum atomic E-state index is 10.7. The van der Waals surface area contributed by atoms with Crippen molar-refractivity contribution in [1.29, 1.82) is 0 Å². The van der Waals surface area contributed by atoms with Gasteiger partial charge >= 0.3 is 0 Å². The highest BCUT2D eigenvalue weighted by Crippen LogP contribution is 2.31. The average Bonchev–Trinajstić information content (AvgIpc) is 2.74. The molecule has 12 nitrogen and oxygen atoms in total. The molecule has 2 aliphatic rings. The van der Waals surface area contributed by atoms with Crippen LogP contribution in [-0.4, -0.2) is 110 Å². The zero-order valence-corrected chi connectivity index (χ0v) is 15.8. The Hall–Kier alpha value is -1.58. The van der Waals surface area contributed by atoms with Gasteiger partial charge in [-0.1, -0.05) is 12.1 Å². The largest absolute Gasteiger partial charge is 0.483 e. The van der Waals surface area contributed by atoms with E-state index in [-0.39, 0.29) is 11.4 Å². The maximum Gasteiger partial charge on any atom is 0.188 e. The Bertz CT molecular complexity index is 692. The number of nitrogens with two attached hydrogens (primary N) is 1. The molecule has 2 saturated heterocycles. The molecule has 2 aliphatic heterocycles. The Morgan fingerprint density at radius 2 is 1.47 bits per heavy atom. The summed E-state index contributed by atoms with van der Waals surface area (Å²) in [6, 6.07) is 6.38. The van der Waals surface area contributed by atoms with Gasteiger partial charge in [0.15, 0.2) is 18.7 Å². The predicted molar refractivity (Wildman–Crippen MR) is 97.9 cm³/mol. The fourth-order valence-corrected chi connectivity index (χ4v) is 3.43. The predicted octanol–water partition coefficient (Wildman–Crippen LogP) is -3.73. The number of aliphatic hydroxyl groups is 7. The van der Waals surface area contributed by atoms with Gasteiger partial charge in [0.25, 0.3) is 0 Å². The molecule has 170 valence electrons. The summed E-state index contributed by atoms with van der Waals surface area (Å²) in [5.74, 6) is 0.172. The van der Waals surface area contributed by atoms with Crippen LogP contribution in [0.15, 0.2) is 24.3 Å². The number of nitrogen functional groups attached to an aromatic ring is 1. The van der Waals surface area contributed by atoms with E-state index in [1.165, 1.54) is 6.07 Å². The summed E-state index contributed by atoms with van der Waals surface area (Å²) >= 11 is 0. The van der Waals surface area contributed by atoms with E-state index < -0.39 is 74.6 Å². The zero-order valence-electron chi connectivity index (χ0n) is 15.8. The number of benzene rings is 1. The Labute approximate surface area is 171 Å². The lowest BCUT2D eigenvalue weighted by Gasteiger charge is -2.46. The van der Waals surface area contributed by atoms with Crippen molar-refractivity contribution in [1.82, 2.24) is 0 Å². The quantitative estimate of drug-likeness (QED) is 0.204. The number of para-hydroxylation sites is 2. The van der Waals surface area contributed by atoms with Crippen LogP contribution >= 0.6 is 0 Å². The van der Waals surface area contributed by atoms with Gasteiger partial charge in [0.05, 0.1) is 18.9 Å². The Kier molecular flexibility index (Phi) is 7.47. The topological polar surface area (TPSA) is 205 Å². The van der Waals surface area contributed by atoms with Crippen molar-refractivity contribution in [3.8, 4) is 5.75 Å². The summed E-state index contributed by atoms with van der Waals surface area (Å²) in [7, 11) is 0. The van der Waals surface area contributed by atoms with Gasteiger partial charge in [-0.15, -0.1) is 0 Å². The first-order chi connectivity index (χ1) is 14.3. The standard InChI is InChI=1S/C18H27NO11/c19-7-3-1-2-4-8(7)27-16-11(22)9(5-20)29-18(14(16)25)30-15-10(6-21)28-17(26)13(24)12(15)23/h1-4,9-18,20-26H,5-6,19H2/t9-,10-,11-,12-,13-,14-,15-,16+,17-,18-/m1/s1. The normalized spacial score (nSPS) is 42.1. The van der Waals surface area contributed by atoms with Crippen LogP contribution in [0.2, 0.25) is 0 Å². The van der Waals surface area contributed by atoms with Gasteiger partial charge < -0.3 is 60.4 Å². The molecule has 0 radical (unpaired) electrons. The highest BCUT2D eigenvalue weighted by atomic mass is 16.7. The molecule has 10 atom stereocenters. The molecule has 0 spiro atoms. The lowest BCUT2D eigenvalue weighted by Crippen LogP contribution is -2.65. The number of hydrogen-bond donors (Lipinski definition) is 8. The van der Waals surface area contributed by atoms with Gasteiger partial charge in [-0.25, -0.2) is 0 Å². The number of anilines is 1. The third-order valence-electron chi connectivity index (χ3n) is 5.13. The number of aliphatic hydroxyl groups excluding tert-OH is 7. The van der Waals surface area contributed by atoms with Crippen molar-refractivity contribution in [3.63, 3.8) is 0 Å². The van der Waals surface area contributed by atoms with Crippen molar-refractivity contribution >= 4 is 5.69 Å². The van der Waals surface area contributed by atoms with Gasteiger partial charge in [0.1, 0.15) is 48.5 Å². The molecule has 0 bridgehead atoms. The Balaban J connectivity index is 1.80. The van der Waals surface area contributed by atoms with Crippen LogP contribution in [0.25, 0.3) is 0 Å².